The molecule has 2 rings (SSSR count). The SMILES string of the molecule is CN(Cc1cc(/C=C/C(=O)O)cs1)C(=O)NC1CCCC1. The van der Waals surface area contributed by atoms with E-state index in [-0.39, 0.29) is 6.03 Å². The first-order valence-electron chi connectivity index (χ1n) is 7.04. The molecule has 0 unspecified atom stereocenters. The van der Waals surface area contributed by atoms with Crippen LogP contribution < -0.4 is 5.32 Å². The first kappa shape index (κ1) is 15.6. The van der Waals surface area contributed by atoms with Crippen molar-refractivity contribution in [3.05, 3.63) is 28.0 Å². The molecule has 1 aliphatic rings. The summed E-state index contributed by atoms with van der Waals surface area (Å²) >= 11 is 1.52. The third kappa shape index (κ3) is 4.90. The Morgan fingerprint density at radius 1 is 1.48 bits per heavy atom. The molecule has 1 fully saturated rings. The lowest BCUT2D eigenvalue weighted by Crippen LogP contribution is -2.41. The fourth-order valence-electron chi connectivity index (χ4n) is 2.40. The second-order valence-electron chi connectivity index (χ2n) is 5.30. The van der Waals surface area contributed by atoms with E-state index in [1.807, 2.05) is 11.4 Å². The maximum absolute atomic E-state index is 12.1. The molecule has 0 atom stereocenters. The molecule has 0 bridgehead atoms. The predicted molar refractivity (Wildman–Crippen MR) is 83.2 cm³/mol. The Bertz CT molecular complexity index is 533. The van der Waals surface area contributed by atoms with Crippen LogP contribution in [0.4, 0.5) is 4.79 Å². The lowest BCUT2D eigenvalue weighted by Gasteiger charge is -2.20. The summed E-state index contributed by atoms with van der Waals surface area (Å²) < 4.78 is 0. The van der Waals surface area contributed by atoms with Gasteiger partial charge in [0.2, 0.25) is 0 Å². The van der Waals surface area contributed by atoms with Crippen molar-refractivity contribution in [1.82, 2.24) is 10.2 Å². The van der Waals surface area contributed by atoms with Gasteiger partial charge in [0, 0.05) is 24.0 Å². The van der Waals surface area contributed by atoms with Crippen molar-refractivity contribution in [2.45, 2.75) is 38.3 Å². The lowest BCUT2D eigenvalue weighted by molar-refractivity contribution is -0.131. The van der Waals surface area contributed by atoms with Gasteiger partial charge in [0.25, 0.3) is 0 Å². The zero-order valence-corrected chi connectivity index (χ0v) is 12.9. The maximum Gasteiger partial charge on any atom is 0.328 e. The number of carboxylic acid groups (broad SMARTS) is 1. The number of thiophene rings is 1. The molecule has 1 heterocycles. The highest BCUT2D eigenvalue weighted by molar-refractivity contribution is 7.10. The smallest absolute Gasteiger partial charge is 0.328 e. The maximum atomic E-state index is 12.1. The molecular formula is C15H20N2O3S. The van der Waals surface area contributed by atoms with Crippen molar-refractivity contribution in [2.75, 3.05) is 7.05 Å². The number of nitrogens with zero attached hydrogens (tertiary/aromatic N) is 1. The molecule has 1 aliphatic carbocycles. The van der Waals surface area contributed by atoms with Crippen molar-refractivity contribution >= 4 is 29.4 Å². The summed E-state index contributed by atoms with van der Waals surface area (Å²) in [7, 11) is 1.77. The van der Waals surface area contributed by atoms with Gasteiger partial charge in [-0.25, -0.2) is 9.59 Å². The molecule has 0 aliphatic heterocycles. The predicted octanol–water partition coefficient (Wildman–Crippen LogP) is 2.93. The van der Waals surface area contributed by atoms with Crippen LogP contribution in [0.2, 0.25) is 0 Å². The number of hydrogen-bond donors (Lipinski definition) is 2. The summed E-state index contributed by atoms with van der Waals surface area (Å²) in [4.78, 5) is 25.2. The average Bonchev–Trinajstić information content (AvgIpc) is 3.08. The van der Waals surface area contributed by atoms with Gasteiger partial charge in [-0.05, 0) is 35.9 Å². The molecule has 1 aromatic heterocycles. The highest BCUT2D eigenvalue weighted by atomic mass is 32.1. The van der Waals surface area contributed by atoms with Gasteiger partial charge in [-0.15, -0.1) is 11.3 Å². The van der Waals surface area contributed by atoms with Gasteiger partial charge in [0.05, 0.1) is 6.54 Å². The molecule has 1 saturated carbocycles. The van der Waals surface area contributed by atoms with Crippen molar-refractivity contribution in [2.24, 2.45) is 0 Å². The van der Waals surface area contributed by atoms with E-state index >= 15 is 0 Å². The van der Waals surface area contributed by atoms with E-state index in [1.165, 1.54) is 24.2 Å². The Kier molecular flexibility index (Phi) is 5.38. The third-order valence-corrected chi connectivity index (χ3v) is 4.45. The first-order chi connectivity index (χ1) is 10.0. The van der Waals surface area contributed by atoms with Gasteiger partial charge >= 0.3 is 12.0 Å². The molecular weight excluding hydrogens is 288 g/mol. The zero-order chi connectivity index (χ0) is 15.2. The highest BCUT2D eigenvalue weighted by Gasteiger charge is 2.19. The standard InChI is InChI=1S/C15H20N2O3S/c1-17(15(20)16-12-4-2-3-5-12)9-13-8-11(10-21-13)6-7-14(18)19/h6-8,10,12H,2-5,9H2,1H3,(H,16,20)(H,18,19)/b7-6+. The van der Waals surface area contributed by atoms with Crippen LogP contribution in [0, 0.1) is 0 Å². The quantitative estimate of drug-likeness (QED) is 0.822. The van der Waals surface area contributed by atoms with Crippen LogP contribution in [-0.2, 0) is 11.3 Å². The summed E-state index contributed by atoms with van der Waals surface area (Å²) in [6.07, 6.45) is 7.20. The van der Waals surface area contributed by atoms with Crippen LogP contribution >= 0.6 is 11.3 Å². The molecule has 0 radical (unpaired) electrons. The molecule has 0 saturated heterocycles. The number of aliphatic carboxylic acids is 1. The summed E-state index contributed by atoms with van der Waals surface area (Å²) in [5, 5.41) is 13.5. The highest BCUT2D eigenvalue weighted by Crippen LogP contribution is 2.19. The van der Waals surface area contributed by atoms with Gasteiger partial charge in [-0.3, -0.25) is 0 Å². The van der Waals surface area contributed by atoms with Crippen molar-refractivity contribution < 1.29 is 14.7 Å². The van der Waals surface area contributed by atoms with Gasteiger partial charge in [-0.1, -0.05) is 12.8 Å². The van der Waals surface area contributed by atoms with Crippen molar-refractivity contribution in [3.63, 3.8) is 0 Å². The van der Waals surface area contributed by atoms with Crippen LogP contribution in [0.15, 0.2) is 17.5 Å². The van der Waals surface area contributed by atoms with E-state index in [0.717, 1.165) is 29.4 Å². The Labute approximate surface area is 128 Å². The fourth-order valence-corrected chi connectivity index (χ4v) is 3.30. The summed E-state index contributed by atoms with van der Waals surface area (Å²) in [5.41, 5.74) is 0.849. The molecule has 2 N–H and O–H groups in total. The molecule has 0 spiro atoms. The van der Waals surface area contributed by atoms with Crippen LogP contribution in [0.1, 0.15) is 36.1 Å². The molecule has 2 amide bonds. The fraction of sp³-hybridized carbons (Fsp3) is 0.467. The van der Waals surface area contributed by atoms with E-state index < -0.39 is 5.97 Å². The molecule has 114 valence electrons. The van der Waals surface area contributed by atoms with E-state index in [0.29, 0.717) is 12.6 Å². The van der Waals surface area contributed by atoms with Crippen LogP contribution in [-0.4, -0.2) is 35.1 Å². The Balaban J connectivity index is 1.85. The van der Waals surface area contributed by atoms with Crippen LogP contribution in [0.25, 0.3) is 6.08 Å². The summed E-state index contributed by atoms with van der Waals surface area (Å²) in [5.74, 6) is -0.962. The van der Waals surface area contributed by atoms with E-state index in [2.05, 4.69) is 5.32 Å². The molecule has 0 aromatic carbocycles. The number of urea groups is 1. The number of carbonyl (C=O) groups excluding carboxylic acids is 1. The number of hydrogen-bond acceptors (Lipinski definition) is 3. The Morgan fingerprint density at radius 2 is 2.19 bits per heavy atom. The zero-order valence-electron chi connectivity index (χ0n) is 12.0. The van der Waals surface area contributed by atoms with E-state index in [9.17, 15) is 9.59 Å². The molecule has 5 nitrogen and oxygen atoms in total. The number of rotatable bonds is 5. The third-order valence-electron chi connectivity index (χ3n) is 3.51. The van der Waals surface area contributed by atoms with Gasteiger partial charge < -0.3 is 15.3 Å². The monoisotopic (exact) mass is 308 g/mol. The Hall–Kier alpha value is -1.82. The second-order valence-corrected chi connectivity index (χ2v) is 6.30. The normalized spacial score (nSPS) is 15.5. The first-order valence-corrected chi connectivity index (χ1v) is 7.92. The lowest BCUT2D eigenvalue weighted by atomic mass is 10.2. The van der Waals surface area contributed by atoms with Crippen molar-refractivity contribution in [3.8, 4) is 0 Å². The van der Waals surface area contributed by atoms with Gasteiger partial charge in [0.15, 0.2) is 0 Å². The average molecular weight is 308 g/mol. The topological polar surface area (TPSA) is 69.6 Å². The van der Waals surface area contributed by atoms with Crippen molar-refractivity contribution in [1.29, 1.82) is 0 Å². The summed E-state index contributed by atoms with van der Waals surface area (Å²) in [6, 6.07) is 2.18. The van der Waals surface area contributed by atoms with E-state index in [4.69, 9.17) is 5.11 Å². The number of carbonyl (C=O) groups is 2. The number of amides is 2. The second kappa shape index (κ2) is 7.26. The molecule has 21 heavy (non-hydrogen) atoms. The summed E-state index contributed by atoms with van der Waals surface area (Å²) in [6.45, 7) is 0.532. The molecule has 6 heteroatoms. The van der Waals surface area contributed by atoms with Gasteiger partial charge in [0.1, 0.15) is 0 Å². The van der Waals surface area contributed by atoms with Crippen LogP contribution in [0.3, 0.4) is 0 Å². The largest absolute Gasteiger partial charge is 0.478 e. The minimum Gasteiger partial charge on any atom is -0.478 e. The van der Waals surface area contributed by atoms with Crippen LogP contribution in [0.5, 0.6) is 0 Å². The molecule has 1 aromatic rings. The van der Waals surface area contributed by atoms with Gasteiger partial charge in [-0.2, -0.15) is 0 Å². The van der Waals surface area contributed by atoms with E-state index in [1.54, 1.807) is 18.0 Å². The minimum absolute atomic E-state index is 0.0436. The number of carboxylic acids is 1. The minimum atomic E-state index is -0.962. The number of nitrogens with one attached hydrogen (secondary N) is 1. The Morgan fingerprint density at radius 3 is 2.86 bits per heavy atom.